The van der Waals surface area contributed by atoms with Gasteiger partial charge in [0.15, 0.2) is 5.82 Å². The smallest absolute Gasteiger partial charge is 0.307 e. The zero-order valence-corrected chi connectivity index (χ0v) is 17.5. The zero-order chi connectivity index (χ0) is 21.2. The molecular weight excluding hydrogens is 386 g/mol. The van der Waals surface area contributed by atoms with Crippen LogP contribution < -0.4 is 0 Å². The van der Waals surface area contributed by atoms with E-state index in [9.17, 15) is 9.90 Å². The lowest BCUT2D eigenvalue weighted by Crippen LogP contribution is -2.38. The third-order valence-electron chi connectivity index (χ3n) is 5.50. The number of morpholine rings is 1. The molecule has 0 spiro atoms. The van der Waals surface area contributed by atoms with Crippen LogP contribution in [0.1, 0.15) is 42.6 Å². The van der Waals surface area contributed by atoms with Crippen molar-refractivity contribution in [2.45, 2.75) is 38.7 Å². The van der Waals surface area contributed by atoms with Crippen molar-refractivity contribution in [1.82, 2.24) is 25.5 Å². The number of carboxylic acids is 1. The summed E-state index contributed by atoms with van der Waals surface area (Å²) in [4.78, 5) is 14.2. The van der Waals surface area contributed by atoms with Gasteiger partial charge < -0.3 is 14.6 Å². The number of hydrogen-bond donors (Lipinski definition) is 2. The van der Waals surface area contributed by atoms with Gasteiger partial charge >= 0.3 is 5.97 Å². The number of hydrogen-bond acceptors (Lipinski definition) is 7. The molecule has 9 nitrogen and oxygen atoms in total. The molecular formula is C21H31N5O4. The molecule has 1 saturated heterocycles. The molecule has 2 atom stereocenters. The molecule has 1 aromatic heterocycles. The number of ether oxygens (including phenoxy) is 2. The summed E-state index contributed by atoms with van der Waals surface area (Å²) in [5.74, 6) is -1.24. The van der Waals surface area contributed by atoms with Crippen LogP contribution in [0.5, 0.6) is 0 Å². The molecule has 2 N–H and O–H groups in total. The summed E-state index contributed by atoms with van der Waals surface area (Å²) in [7, 11) is 0. The average molecular weight is 418 g/mol. The quantitative estimate of drug-likeness (QED) is 0.503. The van der Waals surface area contributed by atoms with Crippen LogP contribution in [0.15, 0.2) is 24.3 Å². The normalized spacial score (nSPS) is 17.0. The van der Waals surface area contributed by atoms with Gasteiger partial charge in [0.2, 0.25) is 0 Å². The number of benzene rings is 1. The number of nitrogens with one attached hydrogen (secondary N) is 1. The maximum atomic E-state index is 11.8. The molecule has 0 aliphatic carbocycles. The van der Waals surface area contributed by atoms with Crippen LogP contribution in [0.25, 0.3) is 0 Å². The molecule has 0 bridgehead atoms. The highest BCUT2D eigenvalue weighted by Gasteiger charge is 2.31. The molecule has 0 amide bonds. The highest BCUT2D eigenvalue weighted by molar-refractivity contribution is 5.71. The molecule has 0 saturated carbocycles. The van der Waals surface area contributed by atoms with Crippen molar-refractivity contribution >= 4 is 5.97 Å². The Balaban J connectivity index is 1.53. The summed E-state index contributed by atoms with van der Waals surface area (Å²) in [5, 5.41) is 23.9. The Morgan fingerprint density at radius 2 is 2.00 bits per heavy atom. The average Bonchev–Trinajstić information content (AvgIpc) is 3.30. The Morgan fingerprint density at radius 1 is 1.27 bits per heavy atom. The zero-order valence-electron chi connectivity index (χ0n) is 17.5. The number of carboxylic acid groups (broad SMARTS) is 1. The van der Waals surface area contributed by atoms with Crippen molar-refractivity contribution in [2.75, 3.05) is 39.5 Å². The van der Waals surface area contributed by atoms with Crippen molar-refractivity contribution in [3.8, 4) is 0 Å². The lowest BCUT2D eigenvalue weighted by atomic mass is 9.83. The van der Waals surface area contributed by atoms with Gasteiger partial charge in [0, 0.05) is 25.6 Å². The molecule has 164 valence electrons. The van der Waals surface area contributed by atoms with Gasteiger partial charge in [-0.2, -0.15) is 5.21 Å². The minimum Gasteiger partial charge on any atom is -0.481 e. The van der Waals surface area contributed by atoms with Crippen LogP contribution in [-0.4, -0.2) is 76.1 Å². The number of aliphatic carboxylic acids is 1. The summed E-state index contributed by atoms with van der Waals surface area (Å²) in [5.41, 5.74) is 2.14. The Labute approximate surface area is 176 Å². The van der Waals surface area contributed by atoms with Gasteiger partial charge in [-0.1, -0.05) is 42.8 Å². The van der Waals surface area contributed by atoms with Crippen LogP contribution in [-0.2, 0) is 27.3 Å². The van der Waals surface area contributed by atoms with E-state index < -0.39 is 11.9 Å². The van der Waals surface area contributed by atoms with E-state index in [-0.39, 0.29) is 5.92 Å². The second kappa shape index (κ2) is 11.7. The number of nitrogens with zero attached hydrogens (tertiary/aromatic N) is 4. The summed E-state index contributed by atoms with van der Waals surface area (Å²) >= 11 is 0. The van der Waals surface area contributed by atoms with E-state index in [1.54, 1.807) is 0 Å². The number of rotatable bonds is 12. The lowest BCUT2D eigenvalue weighted by Gasteiger charge is -2.26. The maximum Gasteiger partial charge on any atom is 0.307 e. The Kier molecular flexibility index (Phi) is 8.73. The van der Waals surface area contributed by atoms with Crippen molar-refractivity contribution in [2.24, 2.45) is 5.92 Å². The Bertz CT molecular complexity index is 747. The highest BCUT2D eigenvalue weighted by Crippen LogP contribution is 2.30. The van der Waals surface area contributed by atoms with Crippen LogP contribution in [0.2, 0.25) is 0 Å². The molecule has 1 fully saturated rings. The van der Waals surface area contributed by atoms with Gasteiger partial charge in [-0.05, 0) is 24.0 Å². The first-order valence-electron chi connectivity index (χ1n) is 10.6. The van der Waals surface area contributed by atoms with Crippen molar-refractivity contribution in [3.05, 3.63) is 41.2 Å². The lowest BCUT2D eigenvalue weighted by molar-refractivity contribution is -0.142. The van der Waals surface area contributed by atoms with Gasteiger partial charge in [-0.15, -0.1) is 10.2 Å². The number of carbonyl (C=O) groups is 1. The van der Waals surface area contributed by atoms with E-state index in [2.05, 4.69) is 25.5 Å². The van der Waals surface area contributed by atoms with Gasteiger partial charge in [0.05, 0.1) is 32.3 Å². The Morgan fingerprint density at radius 3 is 2.63 bits per heavy atom. The van der Waals surface area contributed by atoms with E-state index in [0.29, 0.717) is 31.9 Å². The molecule has 1 aliphatic heterocycles. The SMILES string of the molecule is CCCC(C(=O)O)C(Cc1ccc(COCCN2CCOCC2)cc1)c1nn[nH]n1. The number of aromatic nitrogens is 4. The fraction of sp³-hybridized carbons (Fsp3) is 0.619. The molecule has 3 rings (SSSR count). The third kappa shape index (κ3) is 6.58. The monoisotopic (exact) mass is 417 g/mol. The minimum atomic E-state index is -0.822. The number of tetrazole rings is 1. The first-order valence-corrected chi connectivity index (χ1v) is 10.6. The number of H-pyrrole nitrogens is 1. The van der Waals surface area contributed by atoms with Gasteiger partial charge in [0.25, 0.3) is 0 Å². The fourth-order valence-corrected chi connectivity index (χ4v) is 3.78. The molecule has 9 heteroatoms. The van der Waals surface area contributed by atoms with Crippen LogP contribution in [0, 0.1) is 5.92 Å². The molecule has 1 aliphatic rings. The first-order chi connectivity index (χ1) is 14.7. The molecule has 30 heavy (non-hydrogen) atoms. The van der Waals surface area contributed by atoms with E-state index in [4.69, 9.17) is 9.47 Å². The second-order valence-corrected chi connectivity index (χ2v) is 7.64. The molecule has 2 aromatic rings. The van der Waals surface area contributed by atoms with Gasteiger partial charge in [0.1, 0.15) is 0 Å². The topological polar surface area (TPSA) is 113 Å². The van der Waals surface area contributed by atoms with Crippen molar-refractivity contribution < 1.29 is 19.4 Å². The summed E-state index contributed by atoms with van der Waals surface area (Å²) in [6.07, 6.45) is 1.91. The molecule has 2 heterocycles. The summed E-state index contributed by atoms with van der Waals surface area (Å²) in [6.45, 7) is 7.69. The molecule has 0 radical (unpaired) electrons. The maximum absolute atomic E-state index is 11.8. The first kappa shape index (κ1) is 22.3. The third-order valence-corrected chi connectivity index (χ3v) is 5.50. The van der Waals surface area contributed by atoms with E-state index in [1.807, 2.05) is 31.2 Å². The summed E-state index contributed by atoms with van der Waals surface area (Å²) in [6, 6.07) is 8.12. The molecule has 1 aromatic carbocycles. The van der Waals surface area contributed by atoms with Crippen molar-refractivity contribution in [1.29, 1.82) is 0 Å². The predicted octanol–water partition coefficient (Wildman–Crippen LogP) is 1.88. The highest BCUT2D eigenvalue weighted by atomic mass is 16.5. The predicted molar refractivity (Wildman–Crippen MR) is 110 cm³/mol. The fourth-order valence-electron chi connectivity index (χ4n) is 3.78. The van der Waals surface area contributed by atoms with Gasteiger partial charge in [-0.25, -0.2) is 0 Å². The number of aromatic amines is 1. The van der Waals surface area contributed by atoms with Crippen LogP contribution in [0.3, 0.4) is 0 Å². The van der Waals surface area contributed by atoms with E-state index >= 15 is 0 Å². The largest absolute Gasteiger partial charge is 0.481 e. The van der Waals surface area contributed by atoms with E-state index in [1.165, 1.54) is 0 Å². The molecule has 2 unspecified atom stereocenters. The van der Waals surface area contributed by atoms with Crippen LogP contribution in [0.4, 0.5) is 0 Å². The van der Waals surface area contributed by atoms with E-state index in [0.717, 1.165) is 50.4 Å². The van der Waals surface area contributed by atoms with Gasteiger partial charge in [-0.3, -0.25) is 9.69 Å². The van der Waals surface area contributed by atoms with Crippen LogP contribution >= 0.6 is 0 Å². The summed E-state index contributed by atoms with van der Waals surface area (Å²) < 4.78 is 11.2. The Hall–Kier alpha value is -2.36. The second-order valence-electron chi connectivity index (χ2n) is 7.64. The standard InChI is InChI=1S/C21H31N5O4/c1-2-3-18(21(27)28)19(20-22-24-25-23-20)14-16-4-6-17(7-5-16)15-30-13-10-26-8-11-29-12-9-26/h4-7,18-19H,2-3,8-15H2,1H3,(H,27,28)(H,22,23,24,25). The van der Waals surface area contributed by atoms with Crippen molar-refractivity contribution in [3.63, 3.8) is 0 Å². The minimum absolute atomic E-state index is 0.322.